The first-order valence-corrected chi connectivity index (χ1v) is 11.6. The highest BCUT2D eigenvalue weighted by Gasteiger charge is 2.58. The minimum atomic E-state index is -0.408. The maximum atomic E-state index is 12.8. The molecule has 0 aromatic rings. The smallest absolute Gasteiger partial charge is 0.310 e. The summed E-state index contributed by atoms with van der Waals surface area (Å²) in [5, 5.41) is 0. The molecule has 6 aliphatic carbocycles. The third-order valence-corrected chi connectivity index (χ3v) is 8.73. The van der Waals surface area contributed by atoms with E-state index >= 15 is 0 Å². The second-order valence-electron chi connectivity index (χ2n) is 10.4. The first-order valence-electron chi connectivity index (χ1n) is 11.6. The minimum Gasteiger partial charge on any atom is -0.462 e. The highest BCUT2D eigenvalue weighted by molar-refractivity contribution is 5.75. The van der Waals surface area contributed by atoms with Gasteiger partial charge in [0.15, 0.2) is 0 Å². The predicted octanol–water partition coefficient (Wildman–Crippen LogP) is 4.67. The second-order valence-corrected chi connectivity index (χ2v) is 10.4. The maximum Gasteiger partial charge on any atom is 0.310 e. The van der Waals surface area contributed by atoms with E-state index in [2.05, 4.69) is 19.1 Å². The molecule has 0 N–H and O–H groups in total. The molecule has 0 spiro atoms. The van der Waals surface area contributed by atoms with Crippen molar-refractivity contribution >= 4 is 11.9 Å². The van der Waals surface area contributed by atoms with Crippen LogP contribution in [0.2, 0.25) is 0 Å². The summed E-state index contributed by atoms with van der Waals surface area (Å²) >= 11 is 0. The molecule has 0 amide bonds. The van der Waals surface area contributed by atoms with Crippen molar-refractivity contribution < 1.29 is 19.1 Å². The molecule has 0 radical (unpaired) electrons. The summed E-state index contributed by atoms with van der Waals surface area (Å²) in [6, 6.07) is 0. The van der Waals surface area contributed by atoms with Crippen LogP contribution in [0.1, 0.15) is 71.6 Å². The zero-order valence-electron chi connectivity index (χ0n) is 17.3. The van der Waals surface area contributed by atoms with Gasteiger partial charge in [-0.25, -0.2) is 0 Å². The Kier molecular flexibility index (Phi) is 4.59. The summed E-state index contributed by atoms with van der Waals surface area (Å²) in [7, 11) is 0. The standard InChI is InChI=1S/C24H34O4/c1-3-24(19-9-16-7-17(11-19)12-20(24)10-16)28-22(25)6-14(2)27-23(26)21-13-15-4-5-18(21)8-15/h4-5,14-21H,3,6-13H2,1-2H3. The Morgan fingerprint density at radius 3 is 2.21 bits per heavy atom. The van der Waals surface area contributed by atoms with Gasteiger partial charge in [-0.15, -0.1) is 0 Å². The van der Waals surface area contributed by atoms with Crippen LogP contribution in [-0.2, 0) is 19.1 Å². The van der Waals surface area contributed by atoms with E-state index in [-0.39, 0.29) is 29.9 Å². The molecule has 154 valence electrons. The molecule has 5 saturated carbocycles. The number of carbonyl (C=O) groups excluding carboxylic acids is 2. The fourth-order valence-electron chi connectivity index (χ4n) is 7.67. The van der Waals surface area contributed by atoms with Gasteiger partial charge in [0.05, 0.1) is 12.3 Å². The van der Waals surface area contributed by atoms with Gasteiger partial charge < -0.3 is 9.47 Å². The van der Waals surface area contributed by atoms with Crippen LogP contribution in [-0.4, -0.2) is 23.6 Å². The van der Waals surface area contributed by atoms with E-state index in [1.54, 1.807) is 0 Å². The van der Waals surface area contributed by atoms with E-state index < -0.39 is 6.10 Å². The highest BCUT2D eigenvalue weighted by Crippen LogP contribution is 2.60. The summed E-state index contributed by atoms with van der Waals surface area (Å²) < 4.78 is 11.9. The van der Waals surface area contributed by atoms with E-state index in [1.807, 2.05) is 6.92 Å². The van der Waals surface area contributed by atoms with Crippen molar-refractivity contribution in [1.82, 2.24) is 0 Å². The molecular weight excluding hydrogens is 352 g/mol. The molecule has 4 nitrogen and oxygen atoms in total. The number of fused-ring (bicyclic) bond motifs is 2. The zero-order valence-corrected chi connectivity index (χ0v) is 17.3. The molecule has 5 fully saturated rings. The fourth-order valence-corrected chi connectivity index (χ4v) is 7.67. The molecule has 0 aromatic heterocycles. The average Bonchev–Trinajstić information content (AvgIpc) is 3.27. The zero-order chi connectivity index (χ0) is 19.5. The van der Waals surface area contributed by atoms with Crippen LogP contribution in [0.3, 0.4) is 0 Å². The van der Waals surface area contributed by atoms with E-state index in [0.717, 1.165) is 31.1 Å². The van der Waals surface area contributed by atoms with Gasteiger partial charge in [-0.3, -0.25) is 9.59 Å². The summed E-state index contributed by atoms with van der Waals surface area (Å²) in [6.07, 6.45) is 13.4. The molecule has 28 heavy (non-hydrogen) atoms. The molecule has 0 aromatic carbocycles. The van der Waals surface area contributed by atoms with E-state index in [1.165, 1.54) is 32.1 Å². The molecule has 4 heteroatoms. The first kappa shape index (κ1) is 18.7. The van der Waals surface area contributed by atoms with Gasteiger partial charge in [0, 0.05) is 0 Å². The van der Waals surface area contributed by atoms with Crippen LogP contribution in [0.4, 0.5) is 0 Å². The molecule has 4 unspecified atom stereocenters. The Balaban J connectivity index is 1.17. The summed E-state index contributed by atoms with van der Waals surface area (Å²) in [5.41, 5.74) is -0.260. The van der Waals surface area contributed by atoms with Crippen molar-refractivity contribution in [2.45, 2.75) is 83.3 Å². The molecule has 4 atom stereocenters. The maximum absolute atomic E-state index is 12.8. The number of allylic oxidation sites excluding steroid dienone is 2. The SMILES string of the molecule is CCC1(OC(=O)CC(C)OC(=O)C2CC3C=CC2C3)C2CC3CC(C2)CC1C3. The third kappa shape index (κ3) is 3.02. The number of hydrogen-bond acceptors (Lipinski definition) is 4. The van der Waals surface area contributed by atoms with Crippen molar-refractivity contribution in [2.75, 3.05) is 0 Å². The third-order valence-electron chi connectivity index (χ3n) is 8.73. The minimum absolute atomic E-state index is 0.0140. The summed E-state index contributed by atoms with van der Waals surface area (Å²) in [5.74, 6) is 3.36. The Labute approximate surface area is 168 Å². The van der Waals surface area contributed by atoms with Crippen molar-refractivity contribution in [2.24, 2.45) is 41.4 Å². The van der Waals surface area contributed by atoms with Crippen LogP contribution < -0.4 is 0 Å². The highest BCUT2D eigenvalue weighted by atomic mass is 16.6. The van der Waals surface area contributed by atoms with Crippen LogP contribution in [0, 0.1) is 41.4 Å². The van der Waals surface area contributed by atoms with E-state index in [0.29, 0.717) is 23.7 Å². The number of carbonyl (C=O) groups is 2. The lowest BCUT2D eigenvalue weighted by Gasteiger charge is -2.60. The topological polar surface area (TPSA) is 52.6 Å². The van der Waals surface area contributed by atoms with Gasteiger partial charge >= 0.3 is 11.9 Å². The molecule has 0 aliphatic heterocycles. The first-order chi connectivity index (χ1) is 13.5. The Morgan fingerprint density at radius 1 is 1.00 bits per heavy atom. The van der Waals surface area contributed by atoms with Crippen molar-refractivity contribution in [3.63, 3.8) is 0 Å². The monoisotopic (exact) mass is 386 g/mol. The lowest BCUT2D eigenvalue weighted by atomic mass is 9.49. The Morgan fingerprint density at radius 2 is 1.68 bits per heavy atom. The van der Waals surface area contributed by atoms with Crippen molar-refractivity contribution in [3.05, 3.63) is 12.2 Å². The lowest BCUT2D eigenvalue weighted by Crippen LogP contribution is -2.59. The van der Waals surface area contributed by atoms with Crippen LogP contribution in [0.5, 0.6) is 0 Å². The largest absolute Gasteiger partial charge is 0.462 e. The van der Waals surface area contributed by atoms with Gasteiger partial charge in [0.25, 0.3) is 0 Å². The van der Waals surface area contributed by atoms with Gasteiger partial charge in [-0.2, -0.15) is 0 Å². The fraction of sp³-hybridized carbons (Fsp3) is 0.833. The van der Waals surface area contributed by atoms with Gasteiger partial charge in [0.2, 0.25) is 0 Å². The van der Waals surface area contributed by atoms with Gasteiger partial charge in [-0.05, 0) is 93.8 Å². The Bertz CT molecular complexity index is 652. The quantitative estimate of drug-likeness (QED) is 0.492. The number of ether oxygens (including phenoxy) is 2. The van der Waals surface area contributed by atoms with Crippen LogP contribution in [0.25, 0.3) is 0 Å². The van der Waals surface area contributed by atoms with E-state index in [4.69, 9.17) is 9.47 Å². The van der Waals surface area contributed by atoms with Gasteiger partial charge in [-0.1, -0.05) is 19.1 Å². The molecular formula is C24H34O4. The van der Waals surface area contributed by atoms with Crippen LogP contribution in [0.15, 0.2) is 12.2 Å². The average molecular weight is 387 g/mol. The molecule has 6 rings (SSSR count). The molecule has 0 heterocycles. The van der Waals surface area contributed by atoms with Crippen molar-refractivity contribution in [3.8, 4) is 0 Å². The second kappa shape index (κ2) is 6.88. The molecule has 6 aliphatic rings. The number of rotatable bonds is 6. The number of hydrogen-bond donors (Lipinski definition) is 0. The molecule has 0 saturated heterocycles. The predicted molar refractivity (Wildman–Crippen MR) is 105 cm³/mol. The lowest BCUT2D eigenvalue weighted by molar-refractivity contribution is -0.212. The van der Waals surface area contributed by atoms with E-state index in [9.17, 15) is 9.59 Å². The number of esters is 2. The summed E-state index contributed by atoms with van der Waals surface area (Å²) in [4.78, 5) is 25.3. The Hall–Kier alpha value is -1.32. The summed E-state index contributed by atoms with van der Waals surface area (Å²) in [6.45, 7) is 4.01. The van der Waals surface area contributed by atoms with Gasteiger partial charge in [0.1, 0.15) is 11.7 Å². The van der Waals surface area contributed by atoms with Crippen LogP contribution >= 0.6 is 0 Å². The molecule has 6 bridgehead atoms. The van der Waals surface area contributed by atoms with Crippen molar-refractivity contribution in [1.29, 1.82) is 0 Å². The normalized spacial score (nSPS) is 46.0.